The first kappa shape index (κ1) is 12.1. The minimum Gasteiger partial charge on any atom is -0.486 e. The average Bonchev–Trinajstić information content (AvgIpc) is 2.46. The Balaban J connectivity index is 1.76. The Bertz CT molecular complexity index is 575. The van der Waals surface area contributed by atoms with Crippen LogP contribution in [0.3, 0.4) is 0 Å². The minimum absolute atomic E-state index is 0.542. The second kappa shape index (κ2) is 5.36. The van der Waals surface area contributed by atoms with Gasteiger partial charge in [0, 0.05) is 18.9 Å². The Hall–Kier alpha value is -1.94. The maximum absolute atomic E-state index is 6.18. The minimum atomic E-state index is 0.542. The molecule has 0 atom stereocenters. The lowest BCUT2D eigenvalue weighted by Gasteiger charge is -2.20. The number of hydrogen-bond donors (Lipinski definition) is 1. The van der Waals surface area contributed by atoms with E-state index in [0.29, 0.717) is 36.3 Å². The van der Waals surface area contributed by atoms with Crippen LogP contribution in [0.1, 0.15) is 5.56 Å². The molecule has 0 radical (unpaired) electrons. The fraction of sp³-hybridized carbons (Fsp3) is 0.214. The number of nitrogens with zero attached hydrogens (tertiary/aromatic N) is 1. The van der Waals surface area contributed by atoms with E-state index in [1.165, 1.54) is 0 Å². The number of aromatic nitrogens is 1. The van der Waals surface area contributed by atoms with Crippen LogP contribution in [0.5, 0.6) is 11.5 Å². The molecule has 0 saturated carbocycles. The predicted octanol–water partition coefficient (Wildman–Crippen LogP) is 3.12. The van der Waals surface area contributed by atoms with Gasteiger partial charge in [0.15, 0.2) is 11.5 Å². The standard InChI is InChI=1S/C14H13ClN2O2/c15-12-6-10(7-13-14(12)19-5-4-18-13)8-17-11-2-1-3-16-9-11/h1-3,6-7,9,17H,4-5,8H2. The van der Waals surface area contributed by atoms with Gasteiger partial charge in [-0.15, -0.1) is 0 Å². The summed E-state index contributed by atoms with van der Waals surface area (Å²) in [6.07, 6.45) is 3.52. The summed E-state index contributed by atoms with van der Waals surface area (Å²) in [6, 6.07) is 7.69. The van der Waals surface area contributed by atoms with Crippen molar-refractivity contribution < 1.29 is 9.47 Å². The van der Waals surface area contributed by atoms with Crippen molar-refractivity contribution in [2.75, 3.05) is 18.5 Å². The molecule has 0 amide bonds. The number of fused-ring (bicyclic) bond motifs is 1. The molecule has 1 aliphatic heterocycles. The zero-order valence-electron chi connectivity index (χ0n) is 10.2. The van der Waals surface area contributed by atoms with Crippen molar-refractivity contribution in [3.05, 3.63) is 47.2 Å². The van der Waals surface area contributed by atoms with Gasteiger partial charge >= 0.3 is 0 Å². The smallest absolute Gasteiger partial charge is 0.179 e. The van der Waals surface area contributed by atoms with E-state index in [1.54, 1.807) is 12.4 Å². The Morgan fingerprint density at radius 1 is 1.26 bits per heavy atom. The number of benzene rings is 1. The monoisotopic (exact) mass is 276 g/mol. The number of ether oxygens (including phenoxy) is 2. The zero-order chi connectivity index (χ0) is 13.1. The van der Waals surface area contributed by atoms with E-state index < -0.39 is 0 Å². The van der Waals surface area contributed by atoms with Gasteiger partial charge in [0.1, 0.15) is 13.2 Å². The first-order valence-corrected chi connectivity index (χ1v) is 6.42. The molecule has 1 N–H and O–H groups in total. The van der Waals surface area contributed by atoms with Crippen LogP contribution in [-0.2, 0) is 6.54 Å². The molecule has 3 rings (SSSR count). The lowest BCUT2D eigenvalue weighted by atomic mass is 10.2. The van der Waals surface area contributed by atoms with Crippen molar-refractivity contribution in [1.82, 2.24) is 4.98 Å². The number of pyridine rings is 1. The number of rotatable bonds is 3. The highest BCUT2D eigenvalue weighted by Crippen LogP contribution is 2.38. The highest BCUT2D eigenvalue weighted by molar-refractivity contribution is 6.32. The fourth-order valence-corrected chi connectivity index (χ4v) is 2.23. The number of halogens is 1. The average molecular weight is 277 g/mol. The second-order valence-electron chi connectivity index (χ2n) is 4.20. The van der Waals surface area contributed by atoms with Gasteiger partial charge in [0.05, 0.1) is 10.7 Å². The summed E-state index contributed by atoms with van der Waals surface area (Å²) in [7, 11) is 0. The fourth-order valence-electron chi connectivity index (χ4n) is 1.94. The van der Waals surface area contributed by atoms with Crippen LogP contribution >= 0.6 is 11.6 Å². The molecule has 4 nitrogen and oxygen atoms in total. The molecule has 0 fully saturated rings. The van der Waals surface area contributed by atoms with Crippen LogP contribution < -0.4 is 14.8 Å². The third kappa shape index (κ3) is 2.74. The second-order valence-corrected chi connectivity index (χ2v) is 4.60. The molecule has 2 aromatic rings. The van der Waals surface area contributed by atoms with E-state index in [1.807, 2.05) is 24.3 Å². The predicted molar refractivity (Wildman–Crippen MR) is 74.0 cm³/mol. The van der Waals surface area contributed by atoms with Crippen LogP contribution in [0.25, 0.3) is 0 Å². The van der Waals surface area contributed by atoms with E-state index in [4.69, 9.17) is 21.1 Å². The SMILES string of the molecule is Clc1cc(CNc2cccnc2)cc2c1OCCO2. The molecule has 0 aliphatic carbocycles. The summed E-state index contributed by atoms with van der Waals surface area (Å²) < 4.78 is 11.0. The van der Waals surface area contributed by atoms with Crippen molar-refractivity contribution in [2.24, 2.45) is 0 Å². The Morgan fingerprint density at radius 2 is 2.16 bits per heavy atom. The van der Waals surface area contributed by atoms with E-state index >= 15 is 0 Å². The molecule has 1 aromatic heterocycles. The first-order valence-electron chi connectivity index (χ1n) is 6.05. The van der Waals surface area contributed by atoms with Crippen molar-refractivity contribution in [3.63, 3.8) is 0 Å². The summed E-state index contributed by atoms with van der Waals surface area (Å²) >= 11 is 6.18. The van der Waals surface area contributed by atoms with Crippen molar-refractivity contribution in [2.45, 2.75) is 6.54 Å². The van der Waals surface area contributed by atoms with Crippen molar-refractivity contribution in [1.29, 1.82) is 0 Å². The van der Waals surface area contributed by atoms with Gasteiger partial charge in [-0.25, -0.2) is 0 Å². The van der Waals surface area contributed by atoms with Gasteiger partial charge in [-0.2, -0.15) is 0 Å². The molecule has 0 unspecified atom stereocenters. The molecular formula is C14H13ClN2O2. The van der Waals surface area contributed by atoms with E-state index in [0.717, 1.165) is 11.3 Å². The van der Waals surface area contributed by atoms with Gasteiger partial charge in [0.2, 0.25) is 0 Å². The highest BCUT2D eigenvalue weighted by atomic mass is 35.5. The molecule has 0 spiro atoms. The number of anilines is 1. The molecule has 19 heavy (non-hydrogen) atoms. The Kier molecular flexibility index (Phi) is 3.42. The molecule has 2 heterocycles. The quantitative estimate of drug-likeness (QED) is 0.935. The molecule has 5 heteroatoms. The maximum atomic E-state index is 6.18. The normalized spacial score (nSPS) is 13.1. The van der Waals surface area contributed by atoms with Gasteiger partial charge in [-0.1, -0.05) is 11.6 Å². The molecular weight excluding hydrogens is 264 g/mol. The van der Waals surface area contributed by atoms with Gasteiger partial charge in [-0.05, 0) is 29.8 Å². The van der Waals surface area contributed by atoms with E-state index in [2.05, 4.69) is 10.3 Å². The summed E-state index contributed by atoms with van der Waals surface area (Å²) in [5.74, 6) is 1.35. The number of nitrogens with one attached hydrogen (secondary N) is 1. The van der Waals surface area contributed by atoms with Crippen molar-refractivity contribution >= 4 is 17.3 Å². The Morgan fingerprint density at radius 3 is 3.00 bits per heavy atom. The molecule has 0 bridgehead atoms. The van der Waals surface area contributed by atoms with Crippen LogP contribution in [-0.4, -0.2) is 18.2 Å². The summed E-state index contributed by atoms with van der Waals surface area (Å²) in [5.41, 5.74) is 2.01. The van der Waals surface area contributed by atoms with Gasteiger partial charge in [0.25, 0.3) is 0 Å². The highest BCUT2D eigenvalue weighted by Gasteiger charge is 2.16. The molecule has 98 valence electrons. The first-order chi connectivity index (χ1) is 9.33. The van der Waals surface area contributed by atoms with Crippen LogP contribution in [0.2, 0.25) is 5.02 Å². The van der Waals surface area contributed by atoms with Gasteiger partial charge < -0.3 is 14.8 Å². The summed E-state index contributed by atoms with van der Waals surface area (Å²) in [5, 5.41) is 3.86. The van der Waals surface area contributed by atoms with Crippen molar-refractivity contribution in [3.8, 4) is 11.5 Å². The van der Waals surface area contributed by atoms with Crippen LogP contribution in [0, 0.1) is 0 Å². The maximum Gasteiger partial charge on any atom is 0.179 e. The molecule has 0 saturated heterocycles. The number of hydrogen-bond acceptors (Lipinski definition) is 4. The van der Waals surface area contributed by atoms with E-state index in [9.17, 15) is 0 Å². The summed E-state index contributed by atoms with van der Waals surface area (Å²) in [6.45, 7) is 1.75. The third-order valence-corrected chi connectivity index (χ3v) is 3.10. The van der Waals surface area contributed by atoms with E-state index in [-0.39, 0.29) is 0 Å². The Labute approximate surface area is 116 Å². The lowest BCUT2D eigenvalue weighted by Crippen LogP contribution is -2.16. The van der Waals surface area contributed by atoms with Crippen LogP contribution in [0.15, 0.2) is 36.7 Å². The third-order valence-electron chi connectivity index (χ3n) is 2.81. The lowest BCUT2D eigenvalue weighted by molar-refractivity contribution is 0.171. The largest absolute Gasteiger partial charge is 0.486 e. The molecule has 1 aromatic carbocycles. The molecule has 1 aliphatic rings. The summed E-state index contributed by atoms with van der Waals surface area (Å²) in [4.78, 5) is 4.05. The van der Waals surface area contributed by atoms with Gasteiger partial charge in [-0.3, -0.25) is 4.98 Å². The zero-order valence-corrected chi connectivity index (χ0v) is 11.0. The topological polar surface area (TPSA) is 43.4 Å². The van der Waals surface area contributed by atoms with Crippen LogP contribution in [0.4, 0.5) is 5.69 Å².